The first kappa shape index (κ1) is 17.9. The Hall–Kier alpha value is -2.86. The molecular weight excluding hydrogens is 353 g/mol. The number of hydrogen-bond donors (Lipinski definition) is 0. The second-order valence-corrected chi connectivity index (χ2v) is 7.48. The van der Waals surface area contributed by atoms with Gasteiger partial charge in [0.05, 0.1) is 24.2 Å². The lowest BCUT2D eigenvalue weighted by molar-refractivity contribution is 0.415. The van der Waals surface area contributed by atoms with Crippen LogP contribution >= 0.6 is 0 Å². The smallest absolute Gasteiger partial charge is 0.264 e. The number of nitrogens with zero attached hydrogens (tertiary/aromatic N) is 1. The van der Waals surface area contributed by atoms with E-state index in [2.05, 4.69) is 0 Å². The van der Waals surface area contributed by atoms with Crippen molar-refractivity contribution in [2.45, 2.75) is 11.4 Å². The van der Waals surface area contributed by atoms with E-state index in [0.717, 1.165) is 0 Å². The predicted octanol–water partition coefficient (Wildman–Crippen LogP) is 4.23. The van der Waals surface area contributed by atoms with Crippen molar-refractivity contribution in [1.82, 2.24) is 0 Å². The van der Waals surface area contributed by atoms with Crippen LogP contribution in [0.2, 0.25) is 0 Å². The summed E-state index contributed by atoms with van der Waals surface area (Å²) >= 11 is 0. The lowest BCUT2D eigenvalue weighted by Gasteiger charge is -2.25. The third kappa shape index (κ3) is 3.70. The Labute approximate surface area is 152 Å². The number of rotatable bonds is 6. The van der Waals surface area contributed by atoms with Crippen molar-refractivity contribution in [2.24, 2.45) is 0 Å². The third-order valence-corrected chi connectivity index (χ3v) is 5.73. The molecule has 0 radical (unpaired) electrons. The first-order valence-electron chi connectivity index (χ1n) is 7.97. The highest BCUT2D eigenvalue weighted by molar-refractivity contribution is 7.92. The zero-order valence-corrected chi connectivity index (χ0v) is 15.0. The van der Waals surface area contributed by atoms with E-state index in [1.54, 1.807) is 60.7 Å². The van der Waals surface area contributed by atoms with Gasteiger partial charge in [-0.1, -0.05) is 42.5 Å². The van der Waals surface area contributed by atoms with Gasteiger partial charge in [0.1, 0.15) is 11.6 Å². The molecule has 0 bridgehead atoms. The van der Waals surface area contributed by atoms with Crippen molar-refractivity contribution in [3.05, 3.63) is 90.2 Å². The van der Waals surface area contributed by atoms with Gasteiger partial charge in [-0.05, 0) is 30.3 Å². The molecule has 0 unspecified atom stereocenters. The maximum absolute atomic E-state index is 14.2. The average molecular weight is 371 g/mol. The van der Waals surface area contributed by atoms with Gasteiger partial charge in [0.25, 0.3) is 10.0 Å². The quantitative estimate of drug-likeness (QED) is 0.651. The number of hydrogen-bond acceptors (Lipinski definition) is 3. The molecule has 0 aliphatic heterocycles. The fourth-order valence-electron chi connectivity index (χ4n) is 2.58. The van der Waals surface area contributed by atoms with Gasteiger partial charge in [-0.2, -0.15) is 0 Å². The van der Waals surface area contributed by atoms with Gasteiger partial charge in [-0.15, -0.1) is 0 Å². The summed E-state index contributed by atoms with van der Waals surface area (Å²) in [4.78, 5) is 0.138. The van der Waals surface area contributed by atoms with E-state index in [4.69, 9.17) is 4.74 Å². The van der Waals surface area contributed by atoms with Gasteiger partial charge in [0, 0.05) is 11.6 Å². The molecule has 0 saturated heterocycles. The summed E-state index contributed by atoms with van der Waals surface area (Å²) in [7, 11) is -2.38. The third-order valence-electron chi connectivity index (χ3n) is 3.94. The molecule has 0 saturated carbocycles. The van der Waals surface area contributed by atoms with E-state index in [9.17, 15) is 12.8 Å². The second kappa shape index (κ2) is 7.58. The van der Waals surface area contributed by atoms with Gasteiger partial charge >= 0.3 is 0 Å². The zero-order valence-electron chi connectivity index (χ0n) is 14.2. The molecule has 0 aromatic heterocycles. The molecule has 0 heterocycles. The lowest BCUT2D eigenvalue weighted by atomic mass is 10.2. The van der Waals surface area contributed by atoms with Crippen LogP contribution in [0.15, 0.2) is 83.8 Å². The molecule has 6 heteroatoms. The van der Waals surface area contributed by atoms with Gasteiger partial charge in [-0.25, -0.2) is 12.8 Å². The second-order valence-electron chi connectivity index (χ2n) is 5.62. The minimum atomic E-state index is -3.88. The first-order valence-corrected chi connectivity index (χ1v) is 9.41. The van der Waals surface area contributed by atoms with Crippen LogP contribution in [0.5, 0.6) is 5.75 Å². The van der Waals surface area contributed by atoms with Gasteiger partial charge < -0.3 is 4.74 Å². The van der Waals surface area contributed by atoms with E-state index in [1.165, 1.54) is 29.6 Å². The van der Waals surface area contributed by atoms with Crippen LogP contribution in [0, 0.1) is 5.82 Å². The Balaban J connectivity index is 2.11. The van der Waals surface area contributed by atoms with Crippen molar-refractivity contribution in [3.63, 3.8) is 0 Å². The molecule has 3 aromatic rings. The summed E-state index contributed by atoms with van der Waals surface area (Å²) in [6.07, 6.45) is 0. The molecule has 0 amide bonds. The number of halogens is 1. The largest absolute Gasteiger partial charge is 0.497 e. The van der Waals surface area contributed by atoms with Gasteiger partial charge in [0.15, 0.2) is 0 Å². The van der Waals surface area contributed by atoms with Crippen molar-refractivity contribution >= 4 is 15.7 Å². The van der Waals surface area contributed by atoms with Crippen molar-refractivity contribution in [2.75, 3.05) is 11.4 Å². The van der Waals surface area contributed by atoms with Crippen LogP contribution in [-0.2, 0) is 16.6 Å². The summed E-state index contributed by atoms with van der Waals surface area (Å²) in [5.41, 5.74) is 0.686. The predicted molar refractivity (Wildman–Crippen MR) is 99.2 cm³/mol. The molecule has 134 valence electrons. The maximum atomic E-state index is 14.2. The van der Waals surface area contributed by atoms with Gasteiger partial charge in [0.2, 0.25) is 0 Å². The molecule has 3 aromatic carbocycles. The Bertz CT molecular complexity index is 991. The molecule has 26 heavy (non-hydrogen) atoms. The highest BCUT2D eigenvalue weighted by Gasteiger charge is 2.26. The van der Waals surface area contributed by atoms with Crippen molar-refractivity contribution < 1.29 is 17.5 Å². The van der Waals surface area contributed by atoms with Crippen LogP contribution in [-0.4, -0.2) is 15.5 Å². The molecule has 0 fully saturated rings. The summed E-state index contributed by atoms with van der Waals surface area (Å²) < 4.78 is 47.0. The molecule has 0 N–H and O–H groups in total. The van der Waals surface area contributed by atoms with Crippen LogP contribution in [0.4, 0.5) is 10.1 Å². The van der Waals surface area contributed by atoms with E-state index >= 15 is 0 Å². The van der Waals surface area contributed by atoms with Crippen molar-refractivity contribution in [3.8, 4) is 5.75 Å². The number of ether oxygens (including phenoxy) is 1. The normalized spacial score (nSPS) is 11.2. The molecule has 3 rings (SSSR count). The molecule has 0 aliphatic carbocycles. The zero-order chi connectivity index (χ0) is 18.6. The lowest BCUT2D eigenvalue weighted by Crippen LogP contribution is -2.31. The SMILES string of the molecule is COc1cccc(N(Cc2ccccc2F)S(=O)(=O)c2ccccc2)c1. The fraction of sp³-hybridized carbons (Fsp3) is 0.100. The minimum Gasteiger partial charge on any atom is -0.497 e. The van der Waals surface area contributed by atoms with Crippen LogP contribution < -0.4 is 9.04 Å². The van der Waals surface area contributed by atoms with Gasteiger partial charge in [-0.3, -0.25) is 4.31 Å². The Morgan fingerprint density at radius 1 is 0.923 bits per heavy atom. The molecule has 0 spiro atoms. The first-order chi connectivity index (χ1) is 12.5. The minimum absolute atomic E-state index is 0.128. The molecular formula is C20H18FNO3S. The van der Waals surface area contributed by atoms with E-state index in [-0.39, 0.29) is 17.0 Å². The highest BCUT2D eigenvalue weighted by Crippen LogP contribution is 2.29. The molecule has 0 aliphatic rings. The van der Waals surface area contributed by atoms with Crippen molar-refractivity contribution in [1.29, 1.82) is 0 Å². The Kier molecular flexibility index (Phi) is 5.23. The summed E-state index contributed by atoms with van der Waals surface area (Å²) in [6.45, 7) is -0.128. The number of anilines is 1. The number of sulfonamides is 1. The Morgan fingerprint density at radius 2 is 1.62 bits per heavy atom. The topological polar surface area (TPSA) is 46.6 Å². The highest BCUT2D eigenvalue weighted by atomic mass is 32.2. The average Bonchev–Trinajstić information content (AvgIpc) is 2.68. The maximum Gasteiger partial charge on any atom is 0.264 e. The standard InChI is InChI=1S/C20H18FNO3S/c1-25-18-10-7-9-17(14-18)22(15-16-8-5-6-13-20(16)21)26(23,24)19-11-3-2-4-12-19/h2-14H,15H2,1H3. The molecule has 0 atom stereocenters. The van der Waals surface area contributed by atoms with Crippen LogP contribution in [0.3, 0.4) is 0 Å². The van der Waals surface area contributed by atoms with Crippen LogP contribution in [0.1, 0.15) is 5.56 Å². The van der Waals surface area contributed by atoms with E-state index in [0.29, 0.717) is 11.4 Å². The Morgan fingerprint density at radius 3 is 2.31 bits per heavy atom. The van der Waals surface area contributed by atoms with E-state index in [1.807, 2.05) is 0 Å². The summed E-state index contributed by atoms with van der Waals surface area (Å²) in [6, 6.07) is 20.9. The van der Waals surface area contributed by atoms with Crippen LogP contribution in [0.25, 0.3) is 0 Å². The fourth-order valence-corrected chi connectivity index (χ4v) is 4.04. The molecule has 4 nitrogen and oxygen atoms in total. The van der Waals surface area contributed by atoms with E-state index < -0.39 is 15.8 Å². The monoisotopic (exact) mass is 371 g/mol. The summed E-state index contributed by atoms with van der Waals surface area (Å²) in [5.74, 6) is 0.0629. The number of benzene rings is 3. The summed E-state index contributed by atoms with van der Waals surface area (Å²) in [5, 5.41) is 0. The number of methoxy groups -OCH3 is 1.